The fourth-order valence-electron chi connectivity index (χ4n) is 1.38. The van der Waals surface area contributed by atoms with Gasteiger partial charge in [0.15, 0.2) is 6.20 Å². The van der Waals surface area contributed by atoms with Gasteiger partial charge in [-0.05, 0) is 32.9 Å². The highest BCUT2D eigenvalue weighted by Crippen LogP contribution is 2.04. The van der Waals surface area contributed by atoms with Crippen molar-refractivity contribution in [3.05, 3.63) is 43.1 Å². The van der Waals surface area contributed by atoms with Gasteiger partial charge in [-0.25, -0.2) is 4.57 Å². The van der Waals surface area contributed by atoms with Crippen LogP contribution in [0.4, 0.5) is 0 Å². The molecule has 1 aromatic rings. The number of imidazole rings is 1. The largest absolute Gasteiger partial charge is 0.269 e. The predicted molar refractivity (Wildman–Crippen MR) is 64.6 cm³/mol. The summed E-state index contributed by atoms with van der Waals surface area (Å²) in [6.45, 7) is 6.50. The fraction of sp³-hybridized carbons (Fsp3) is 0.333. The number of hydrazone groups is 1. The van der Waals surface area contributed by atoms with E-state index in [0.29, 0.717) is 0 Å². The van der Waals surface area contributed by atoms with Crippen LogP contribution in [0.2, 0.25) is 0 Å². The second-order valence-corrected chi connectivity index (χ2v) is 4.68. The Morgan fingerprint density at radius 3 is 2.62 bits per heavy atom. The maximum atomic E-state index is 4.27. The fourth-order valence-corrected chi connectivity index (χ4v) is 1.38. The zero-order valence-corrected chi connectivity index (χ0v) is 9.91. The van der Waals surface area contributed by atoms with Gasteiger partial charge in [0, 0.05) is 0 Å². The van der Waals surface area contributed by atoms with E-state index in [4.69, 9.17) is 0 Å². The van der Waals surface area contributed by atoms with Crippen molar-refractivity contribution in [3.63, 3.8) is 0 Å². The third-order valence-corrected chi connectivity index (χ3v) is 2.35. The molecule has 0 saturated heterocycles. The van der Waals surface area contributed by atoms with Crippen molar-refractivity contribution in [1.82, 2.24) is 4.68 Å². The Kier molecular flexibility index (Phi) is 2.64. The Balaban J connectivity index is 2.25. The Labute approximate surface area is 95.8 Å². The van der Waals surface area contributed by atoms with Gasteiger partial charge in [-0.2, -0.15) is 0 Å². The van der Waals surface area contributed by atoms with Crippen LogP contribution >= 0.6 is 0 Å². The van der Waals surface area contributed by atoms with Crippen molar-refractivity contribution in [2.45, 2.75) is 26.3 Å². The van der Waals surface area contributed by atoms with Crippen molar-refractivity contribution in [2.75, 3.05) is 5.12 Å². The van der Waals surface area contributed by atoms with E-state index < -0.39 is 0 Å². The summed E-state index contributed by atoms with van der Waals surface area (Å²) in [6.07, 6.45) is 15.5. The molecular formula is C12H17N4+. The molecule has 2 rings (SSSR count). The molecular weight excluding hydrogens is 200 g/mol. The molecule has 0 fully saturated rings. The van der Waals surface area contributed by atoms with Gasteiger partial charge in [-0.3, -0.25) is 0 Å². The van der Waals surface area contributed by atoms with Crippen LogP contribution in [-0.2, 0) is 5.54 Å². The number of allylic oxidation sites excluding steroid dienone is 3. The van der Waals surface area contributed by atoms with Crippen molar-refractivity contribution < 1.29 is 4.57 Å². The van der Waals surface area contributed by atoms with Crippen LogP contribution in [0, 0.1) is 0 Å². The molecule has 0 radical (unpaired) electrons. The molecule has 0 spiro atoms. The molecule has 0 saturated carbocycles. The minimum absolute atomic E-state index is 0.0861. The lowest BCUT2D eigenvalue weighted by Gasteiger charge is -2.13. The summed E-state index contributed by atoms with van der Waals surface area (Å²) in [5.74, 6) is 0. The molecule has 0 N–H and O–H groups in total. The number of hydrogen-bond donors (Lipinski definition) is 0. The van der Waals surface area contributed by atoms with Gasteiger partial charge in [-0.1, -0.05) is 6.08 Å². The molecule has 2 heterocycles. The van der Waals surface area contributed by atoms with Crippen molar-refractivity contribution in [1.29, 1.82) is 0 Å². The van der Waals surface area contributed by atoms with Gasteiger partial charge in [-0.15, -0.1) is 14.9 Å². The van der Waals surface area contributed by atoms with Crippen molar-refractivity contribution >= 4 is 6.21 Å². The van der Waals surface area contributed by atoms with Crippen LogP contribution in [0.15, 0.2) is 48.3 Å². The first-order valence-corrected chi connectivity index (χ1v) is 5.34. The van der Waals surface area contributed by atoms with Crippen LogP contribution < -0.4 is 9.69 Å². The second-order valence-electron chi connectivity index (χ2n) is 4.68. The zero-order valence-electron chi connectivity index (χ0n) is 9.91. The highest BCUT2D eigenvalue weighted by atomic mass is 15.7. The first kappa shape index (κ1) is 10.7. The molecule has 1 aliphatic heterocycles. The van der Waals surface area contributed by atoms with Crippen LogP contribution in [0.25, 0.3) is 0 Å². The van der Waals surface area contributed by atoms with E-state index in [-0.39, 0.29) is 5.54 Å². The highest BCUT2D eigenvalue weighted by molar-refractivity contribution is 5.72. The molecule has 0 aliphatic carbocycles. The molecule has 0 aromatic carbocycles. The lowest BCUT2D eigenvalue weighted by Crippen LogP contribution is -2.48. The van der Waals surface area contributed by atoms with Gasteiger partial charge in [0.1, 0.15) is 11.7 Å². The maximum Gasteiger partial charge on any atom is 0.269 e. The Morgan fingerprint density at radius 1 is 1.12 bits per heavy atom. The molecule has 4 heteroatoms. The summed E-state index contributed by atoms with van der Waals surface area (Å²) in [6, 6.07) is 0. The SMILES string of the molecule is CC(C)(C)[n+]1ccn(N2C=CC=CC=N2)c1. The number of rotatable bonds is 1. The lowest BCUT2D eigenvalue weighted by molar-refractivity contribution is -0.753. The van der Waals surface area contributed by atoms with Gasteiger partial charge < -0.3 is 0 Å². The monoisotopic (exact) mass is 217 g/mol. The van der Waals surface area contributed by atoms with Gasteiger partial charge in [0.2, 0.25) is 0 Å². The summed E-state index contributed by atoms with van der Waals surface area (Å²) in [5.41, 5.74) is 0.0861. The van der Waals surface area contributed by atoms with E-state index in [0.717, 1.165) is 0 Å². The Morgan fingerprint density at radius 2 is 1.94 bits per heavy atom. The smallest absolute Gasteiger partial charge is 0.230 e. The van der Waals surface area contributed by atoms with Gasteiger partial charge >= 0.3 is 0 Å². The summed E-state index contributed by atoms with van der Waals surface area (Å²) in [7, 11) is 0. The predicted octanol–water partition coefficient (Wildman–Crippen LogP) is 1.54. The summed E-state index contributed by atoms with van der Waals surface area (Å²) < 4.78 is 4.08. The summed E-state index contributed by atoms with van der Waals surface area (Å²) >= 11 is 0. The molecule has 0 amide bonds. The van der Waals surface area contributed by atoms with Crippen LogP contribution in [0.1, 0.15) is 20.8 Å². The molecule has 0 atom stereocenters. The number of nitrogens with zero attached hydrogens (tertiary/aromatic N) is 4. The Bertz CT molecular complexity index is 430. The second kappa shape index (κ2) is 3.96. The standard InChI is InChI=1S/C12H17N4/c1-12(2,3)14-9-10-15(11-14)16-8-6-4-5-7-13-16/h4-11H,1-3H3/q+1. The summed E-state index contributed by atoms with van der Waals surface area (Å²) in [4.78, 5) is 0. The molecule has 1 aliphatic rings. The van der Waals surface area contributed by atoms with Crippen LogP contribution in [0.3, 0.4) is 0 Å². The third-order valence-electron chi connectivity index (χ3n) is 2.35. The molecule has 0 bridgehead atoms. The Hall–Kier alpha value is -1.84. The van der Waals surface area contributed by atoms with Gasteiger partial charge in [0.25, 0.3) is 6.33 Å². The van der Waals surface area contributed by atoms with E-state index >= 15 is 0 Å². The average molecular weight is 217 g/mol. The number of hydrogen-bond acceptors (Lipinski definition) is 2. The minimum atomic E-state index is 0.0861. The van der Waals surface area contributed by atoms with Crippen LogP contribution in [0.5, 0.6) is 0 Å². The minimum Gasteiger partial charge on any atom is -0.230 e. The van der Waals surface area contributed by atoms with E-state index in [1.165, 1.54) is 0 Å². The van der Waals surface area contributed by atoms with E-state index in [1.807, 2.05) is 47.8 Å². The normalized spacial score (nSPS) is 15.6. The van der Waals surface area contributed by atoms with E-state index in [2.05, 4.69) is 30.4 Å². The van der Waals surface area contributed by atoms with E-state index in [9.17, 15) is 0 Å². The summed E-state index contributed by atoms with van der Waals surface area (Å²) in [5, 5.41) is 6.05. The topological polar surface area (TPSA) is 24.4 Å². The van der Waals surface area contributed by atoms with Crippen molar-refractivity contribution in [2.24, 2.45) is 5.10 Å². The van der Waals surface area contributed by atoms with E-state index in [1.54, 1.807) is 11.3 Å². The molecule has 16 heavy (non-hydrogen) atoms. The number of aromatic nitrogens is 2. The molecule has 84 valence electrons. The van der Waals surface area contributed by atoms with Crippen molar-refractivity contribution in [3.8, 4) is 0 Å². The molecule has 0 unspecified atom stereocenters. The molecule has 1 aromatic heterocycles. The maximum absolute atomic E-state index is 4.27. The highest BCUT2D eigenvalue weighted by Gasteiger charge is 2.20. The lowest BCUT2D eigenvalue weighted by atomic mass is 10.1. The average Bonchev–Trinajstić information content (AvgIpc) is 2.55. The van der Waals surface area contributed by atoms with Crippen LogP contribution in [-0.4, -0.2) is 10.9 Å². The third kappa shape index (κ3) is 2.21. The zero-order chi connectivity index (χ0) is 11.6. The van der Waals surface area contributed by atoms with Gasteiger partial charge in [0.05, 0.1) is 12.4 Å². The first-order chi connectivity index (χ1) is 7.57. The first-order valence-electron chi connectivity index (χ1n) is 5.34. The quantitative estimate of drug-likeness (QED) is 0.655. The molecule has 4 nitrogen and oxygen atoms in total.